The van der Waals surface area contributed by atoms with Gasteiger partial charge >= 0.3 is 0 Å². The van der Waals surface area contributed by atoms with E-state index < -0.39 is 0 Å². The fraction of sp³-hybridized carbons (Fsp3) is 0.500. The summed E-state index contributed by atoms with van der Waals surface area (Å²) in [4.78, 5) is 13.4. The fourth-order valence-corrected chi connectivity index (χ4v) is 3.04. The normalized spacial score (nSPS) is 19.4. The Labute approximate surface area is 122 Å². The summed E-state index contributed by atoms with van der Waals surface area (Å²) in [6.45, 7) is 4.42. The Morgan fingerprint density at radius 3 is 3.00 bits per heavy atom. The number of carbonyl (C=O) groups is 1. The number of nitrogens with one attached hydrogen (secondary N) is 1. The van der Waals surface area contributed by atoms with E-state index in [4.69, 9.17) is 4.74 Å². The molecule has 0 spiro atoms. The van der Waals surface area contributed by atoms with E-state index in [-0.39, 0.29) is 5.91 Å². The first kappa shape index (κ1) is 14.3. The van der Waals surface area contributed by atoms with Gasteiger partial charge in [0.15, 0.2) is 0 Å². The molecule has 1 amide bonds. The smallest absolute Gasteiger partial charge is 0.217 e. The molecule has 1 atom stereocenters. The third-order valence-corrected chi connectivity index (χ3v) is 3.92. The van der Waals surface area contributed by atoms with Crippen LogP contribution in [0.25, 0.3) is 0 Å². The molecule has 1 aromatic rings. The number of methoxy groups -OCH3 is 1. The minimum Gasteiger partial charge on any atom is -0.496 e. The molecule has 104 valence electrons. The average molecular weight is 327 g/mol. The molecule has 0 bridgehead atoms. The van der Waals surface area contributed by atoms with Crippen LogP contribution in [0.2, 0.25) is 0 Å². The van der Waals surface area contributed by atoms with Crippen LogP contribution in [0.15, 0.2) is 22.7 Å². The van der Waals surface area contributed by atoms with E-state index in [9.17, 15) is 4.79 Å². The molecule has 1 aromatic carbocycles. The Hall–Kier alpha value is -1.07. The first-order valence-electron chi connectivity index (χ1n) is 6.40. The van der Waals surface area contributed by atoms with Crippen molar-refractivity contribution in [3.63, 3.8) is 0 Å². The van der Waals surface area contributed by atoms with Crippen LogP contribution >= 0.6 is 15.9 Å². The van der Waals surface area contributed by atoms with Crippen LogP contribution in [0, 0.1) is 0 Å². The standard InChI is InChI=1S/C14H19BrN2O2/c1-10(18)16-12-5-6-17(9-12)8-11-3-4-14(19-2)13(15)7-11/h3-4,7,12H,5-6,8-9H2,1-2H3,(H,16,18). The zero-order chi connectivity index (χ0) is 13.8. The second-order valence-corrected chi connectivity index (χ2v) is 5.74. The van der Waals surface area contributed by atoms with Gasteiger partial charge in [-0.15, -0.1) is 0 Å². The van der Waals surface area contributed by atoms with E-state index >= 15 is 0 Å². The highest BCUT2D eigenvalue weighted by Crippen LogP contribution is 2.26. The van der Waals surface area contributed by atoms with E-state index in [0.717, 1.165) is 36.3 Å². The maximum atomic E-state index is 11.0. The van der Waals surface area contributed by atoms with E-state index in [2.05, 4.69) is 38.3 Å². The van der Waals surface area contributed by atoms with Crippen LogP contribution in [0.5, 0.6) is 5.75 Å². The Morgan fingerprint density at radius 2 is 2.37 bits per heavy atom. The Morgan fingerprint density at radius 1 is 1.58 bits per heavy atom. The molecule has 1 aliphatic rings. The van der Waals surface area contributed by atoms with Crippen molar-refractivity contribution in [1.29, 1.82) is 0 Å². The van der Waals surface area contributed by atoms with Crippen molar-refractivity contribution in [1.82, 2.24) is 10.2 Å². The largest absolute Gasteiger partial charge is 0.496 e. The Balaban J connectivity index is 1.92. The van der Waals surface area contributed by atoms with Crippen molar-refractivity contribution >= 4 is 21.8 Å². The molecule has 1 fully saturated rings. The van der Waals surface area contributed by atoms with Crippen molar-refractivity contribution < 1.29 is 9.53 Å². The number of hydrogen-bond acceptors (Lipinski definition) is 3. The van der Waals surface area contributed by atoms with Crippen LogP contribution in [-0.2, 0) is 11.3 Å². The van der Waals surface area contributed by atoms with Gasteiger partial charge in [0.1, 0.15) is 5.75 Å². The number of ether oxygens (including phenoxy) is 1. The summed E-state index contributed by atoms with van der Waals surface area (Å²) >= 11 is 3.50. The maximum absolute atomic E-state index is 11.0. The third kappa shape index (κ3) is 3.94. The SMILES string of the molecule is COc1ccc(CN2CCC(NC(C)=O)C2)cc1Br. The number of carbonyl (C=O) groups excluding carboxylic acids is 1. The van der Waals surface area contributed by atoms with Gasteiger partial charge in [0.05, 0.1) is 11.6 Å². The second kappa shape index (κ2) is 6.39. The molecular weight excluding hydrogens is 308 g/mol. The topological polar surface area (TPSA) is 41.6 Å². The highest BCUT2D eigenvalue weighted by Gasteiger charge is 2.22. The van der Waals surface area contributed by atoms with Gasteiger partial charge in [0.25, 0.3) is 0 Å². The molecule has 0 radical (unpaired) electrons. The summed E-state index contributed by atoms with van der Waals surface area (Å²) in [5, 5.41) is 2.98. The van der Waals surface area contributed by atoms with Crippen molar-refractivity contribution in [3.8, 4) is 5.75 Å². The first-order chi connectivity index (χ1) is 9.08. The molecule has 0 aliphatic carbocycles. The van der Waals surface area contributed by atoms with E-state index in [1.165, 1.54) is 5.56 Å². The Bertz CT molecular complexity index is 465. The van der Waals surface area contributed by atoms with Crippen molar-refractivity contribution in [2.45, 2.75) is 25.9 Å². The molecule has 1 N–H and O–H groups in total. The minimum absolute atomic E-state index is 0.0547. The summed E-state index contributed by atoms with van der Waals surface area (Å²) in [5.41, 5.74) is 1.25. The zero-order valence-electron chi connectivity index (χ0n) is 11.3. The van der Waals surface area contributed by atoms with E-state index in [1.54, 1.807) is 14.0 Å². The Kier molecular flexibility index (Phi) is 4.82. The third-order valence-electron chi connectivity index (χ3n) is 3.30. The lowest BCUT2D eigenvalue weighted by Gasteiger charge is -2.17. The van der Waals surface area contributed by atoms with Crippen LogP contribution < -0.4 is 10.1 Å². The van der Waals surface area contributed by atoms with Gasteiger partial charge in [-0.25, -0.2) is 0 Å². The number of amides is 1. The summed E-state index contributed by atoms with van der Waals surface area (Å²) in [5.74, 6) is 0.903. The highest BCUT2D eigenvalue weighted by molar-refractivity contribution is 9.10. The number of halogens is 1. The first-order valence-corrected chi connectivity index (χ1v) is 7.19. The van der Waals surface area contributed by atoms with Crippen molar-refractivity contribution in [2.24, 2.45) is 0 Å². The monoisotopic (exact) mass is 326 g/mol. The number of likely N-dealkylation sites (tertiary alicyclic amines) is 1. The van der Waals surface area contributed by atoms with E-state index in [1.807, 2.05) is 6.07 Å². The van der Waals surface area contributed by atoms with Gasteiger partial charge in [-0.2, -0.15) is 0 Å². The highest BCUT2D eigenvalue weighted by atomic mass is 79.9. The van der Waals surface area contributed by atoms with Gasteiger partial charge in [-0.05, 0) is 40.0 Å². The molecule has 1 unspecified atom stereocenters. The molecule has 0 aromatic heterocycles. The molecule has 1 aliphatic heterocycles. The quantitative estimate of drug-likeness (QED) is 0.922. The fourth-order valence-electron chi connectivity index (χ4n) is 2.45. The van der Waals surface area contributed by atoms with Crippen molar-refractivity contribution in [3.05, 3.63) is 28.2 Å². The summed E-state index contributed by atoms with van der Waals surface area (Å²) in [6, 6.07) is 6.43. The molecule has 0 saturated carbocycles. The zero-order valence-corrected chi connectivity index (χ0v) is 12.9. The second-order valence-electron chi connectivity index (χ2n) is 4.89. The summed E-state index contributed by atoms with van der Waals surface area (Å²) in [6.07, 6.45) is 1.02. The van der Waals surface area contributed by atoms with E-state index in [0.29, 0.717) is 6.04 Å². The minimum atomic E-state index is 0.0547. The molecule has 1 saturated heterocycles. The lowest BCUT2D eigenvalue weighted by Crippen LogP contribution is -2.35. The molecule has 5 heteroatoms. The molecule has 4 nitrogen and oxygen atoms in total. The number of rotatable bonds is 4. The lowest BCUT2D eigenvalue weighted by molar-refractivity contribution is -0.119. The van der Waals surface area contributed by atoms with Gasteiger partial charge in [-0.3, -0.25) is 9.69 Å². The van der Waals surface area contributed by atoms with Gasteiger partial charge in [0, 0.05) is 32.6 Å². The average Bonchev–Trinajstić information content (AvgIpc) is 2.76. The maximum Gasteiger partial charge on any atom is 0.217 e. The number of hydrogen-bond donors (Lipinski definition) is 1. The number of nitrogens with zero attached hydrogens (tertiary/aromatic N) is 1. The predicted molar refractivity (Wildman–Crippen MR) is 78.2 cm³/mol. The molecule has 1 heterocycles. The molecule has 19 heavy (non-hydrogen) atoms. The summed E-state index contributed by atoms with van der Waals surface area (Å²) in [7, 11) is 1.66. The van der Waals surface area contributed by atoms with Crippen molar-refractivity contribution in [2.75, 3.05) is 20.2 Å². The number of benzene rings is 1. The molecule has 2 rings (SSSR count). The molecular formula is C14H19BrN2O2. The lowest BCUT2D eigenvalue weighted by atomic mass is 10.2. The van der Waals surface area contributed by atoms with Gasteiger partial charge in [-0.1, -0.05) is 6.07 Å². The predicted octanol–water partition coefficient (Wildman–Crippen LogP) is 2.17. The van der Waals surface area contributed by atoms with Crippen LogP contribution in [0.3, 0.4) is 0 Å². The summed E-state index contributed by atoms with van der Waals surface area (Å²) < 4.78 is 6.20. The van der Waals surface area contributed by atoms with Gasteiger partial charge in [0.2, 0.25) is 5.91 Å². The van der Waals surface area contributed by atoms with Crippen LogP contribution in [0.4, 0.5) is 0 Å². The van der Waals surface area contributed by atoms with Crippen LogP contribution in [-0.4, -0.2) is 37.0 Å². The van der Waals surface area contributed by atoms with Crippen LogP contribution in [0.1, 0.15) is 18.9 Å². The van der Waals surface area contributed by atoms with Gasteiger partial charge < -0.3 is 10.1 Å².